The van der Waals surface area contributed by atoms with Crippen LogP contribution in [-0.2, 0) is 4.74 Å². The maximum absolute atomic E-state index is 6.45. The monoisotopic (exact) mass is 361 g/mol. The highest BCUT2D eigenvalue weighted by atomic mass is 35.5. The normalized spacial score (nSPS) is 33.9. The van der Waals surface area contributed by atoms with Crippen LogP contribution in [0.3, 0.4) is 0 Å². The van der Waals surface area contributed by atoms with E-state index in [0.717, 1.165) is 19.6 Å². The Kier molecular flexibility index (Phi) is 10.1. The maximum Gasteiger partial charge on any atom is 0.0822 e. The van der Waals surface area contributed by atoms with Crippen LogP contribution in [0.5, 0.6) is 0 Å². The first-order valence-electron chi connectivity index (χ1n) is 7.55. The van der Waals surface area contributed by atoms with Gasteiger partial charge >= 0.3 is 0 Å². The minimum atomic E-state index is 0. The van der Waals surface area contributed by atoms with Gasteiger partial charge in [-0.1, -0.05) is 0 Å². The van der Waals surface area contributed by atoms with Crippen molar-refractivity contribution in [2.24, 2.45) is 0 Å². The fourth-order valence-electron chi connectivity index (χ4n) is 3.61. The SMILES string of the molecule is CN1CCN(C[C@H]2CCC[C@]3(CCNC3)O2)CC1.Cl.Cl.Cl. The van der Waals surface area contributed by atoms with E-state index in [1.165, 1.54) is 51.9 Å². The molecule has 3 aliphatic rings. The van der Waals surface area contributed by atoms with Gasteiger partial charge in [-0.3, -0.25) is 4.90 Å². The molecule has 21 heavy (non-hydrogen) atoms. The summed E-state index contributed by atoms with van der Waals surface area (Å²) in [4.78, 5) is 5.01. The lowest BCUT2D eigenvalue weighted by atomic mass is 9.90. The van der Waals surface area contributed by atoms with Crippen molar-refractivity contribution in [3.8, 4) is 0 Å². The molecule has 3 rings (SSSR count). The molecule has 0 aromatic heterocycles. The van der Waals surface area contributed by atoms with Gasteiger partial charge in [-0.2, -0.15) is 0 Å². The number of likely N-dealkylation sites (N-methyl/N-ethyl adjacent to an activating group) is 1. The summed E-state index contributed by atoms with van der Waals surface area (Å²) in [5.41, 5.74) is 0.190. The fourth-order valence-corrected chi connectivity index (χ4v) is 3.61. The molecular formula is C14H30Cl3N3O. The zero-order valence-electron chi connectivity index (χ0n) is 12.9. The van der Waals surface area contributed by atoms with Gasteiger partial charge in [0.15, 0.2) is 0 Å². The van der Waals surface area contributed by atoms with Gasteiger partial charge in [-0.15, -0.1) is 37.2 Å². The van der Waals surface area contributed by atoms with E-state index >= 15 is 0 Å². The Morgan fingerprint density at radius 3 is 2.43 bits per heavy atom. The summed E-state index contributed by atoms with van der Waals surface area (Å²) in [5.74, 6) is 0. The minimum Gasteiger partial charge on any atom is -0.369 e. The van der Waals surface area contributed by atoms with Gasteiger partial charge in [0.1, 0.15) is 0 Å². The van der Waals surface area contributed by atoms with Crippen LogP contribution in [0, 0.1) is 0 Å². The number of ether oxygens (including phenoxy) is 1. The van der Waals surface area contributed by atoms with E-state index < -0.39 is 0 Å². The number of nitrogens with zero attached hydrogens (tertiary/aromatic N) is 2. The van der Waals surface area contributed by atoms with Gasteiger partial charge in [-0.05, 0) is 39.3 Å². The second-order valence-corrected chi connectivity index (χ2v) is 6.35. The average Bonchev–Trinajstić information content (AvgIpc) is 2.80. The van der Waals surface area contributed by atoms with Crippen molar-refractivity contribution in [1.82, 2.24) is 15.1 Å². The quantitative estimate of drug-likeness (QED) is 0.811. The first-order chi connectivity index (χ1) is 8.76. The molecule has 3 aliphatic heterocycles. The molecule has 0 radical (unpaired) electrons. The Bertz CT molecular complexity index is 283. The van der Waals surface area contributed by atoms with Gasteiger partial charge in [0.05, 0.1) is 11.7 Å². The lowest BCUT2D eigenvalue weighted by Crippen LogP contribution is -2.50. The number of hydrogen-bond acceptors (Lipinski definition) is 4. The Morgan fingerprint density at radius 1 is 1.10 bits per heavy atom. The standard InChI is InChI=1S/C14H27N3O.3ClH/c1-16-7-9-17(10-8-16)11-13-3-2-4-14(18-13)5-6-15-12-14;;;/h13,15H,2-12H2,1H3;3*1H/t13-,14-;;;/m1.../s1. The highest BCUT2D eigenvalue weighted by Gasteiger charge is 2.40. The van der Waals surface area contributed by atoms with Crippen molar-refractivity contribution in [3.05, 3.63) is 0 Å². The molecule has 0 bridgehead atoms. The van der Waals surface area contributed by atoms with E-state index in [1.54, 1.807) is 0 Å². The van der Waals surface area contributed by atoms with Crippen molar-refractivity contribution < 1.29 is 4.74 Å². The summed E-state index contributed by atoms with van der Waals surface area (Å²) in [6.45, 7) is 8.20. The van der Waals surface area contributed by atoms with Crippen molar-refractivity contribution in [2.75, 3.05) is 52.9 Å². The third-order valence-corrected chi connectivity index (χ3v) is 4.84. The minimum absolute atomic E-state index is 0. The Balaban J connectivity index is 0.00000133. The molecule has 0 amide bonds. The van der Waals surface area contributed by atoms with Crippen LogP contribution in [0.25, 0.3) is 0 Å². The topological polar surface area (TPSA) is 27.7 Å². The van der Waals surface area contributed by atoms with Gasteiger partial charge < -0.3 is 15.0 Å². The van der Waals surface area contributed by atoms with Gasteiger partial charge in [0.25, 0.3) is 0 Å². The van der Waals surface area contributed by atoms with Crippen molar-refractivity contribution in [2.45, 2.75) is 37.4 Å². The molecule has 1 spiro atoms. The van der Waals surface area contributed by atoms with Crippen molar-refractivity contribution in [3.63, 3.8) is 0 Å². The van der Waals surface area contributed by atoms with E-state index in [4.69, 9.17) is 4.74 Å². The number of piperazine rings is 1. The Morgan fingerprint density at radius 2 is 1.81 bits per heavy atom. The molecular weight excluding hydrogens is 333 g/mol. The van der Waals surface area contributed by atoms with E-state index in [2.05, 4.69) is 22.2 Å². The van der Waals surface area contributed by atoms with E-state index in [9.17, 15) is 0 Å². The zero-order chi connectivity index (χ0) is 12.4. The molecule has 0 aliphatic carbocycles. The lowest BCUT2D eigenvalue weighted by Gasteiger charge is -2.41. The van der Waals surface area contributed by atoms with Crippen LogP contribution >= 0.6 is 37.2 Å². The molecule has 0 aromatic carbocycles. The largest absolute Gasteiger partial charge is 0.369 e. The predicted octanol–water partition coefficient (Wildman–Crippen LogP) is 1.80. The summed E-state index contributed by atoms with van der Waals surface area (Å²) < 4.78 is 6.45. The van der Waals surface area contributed by atoms with Crippen LogP contribution in [0.2, 0.25) is 0 Å². The Hall–Kier alpha value is 0.710. The smallest absolute Gasteiger partial charge is 0.0822 e. The highest BCUT2D eigenvalue weighted by molar-refractivity contribution is 5.86. The molecule has 3 saturated heterocycles. The third-order valence-electron chi connectivity index (χ3n) is 4.84. The second-order valence-electron chi connectivity index (χ2n) is 6.35. The fraction of sp³-hybridized carbons (Fsp3) is 1.00. The average molecular weight is 363 g/mol. The Labute approximate surface area is 147 Å². The van der Waals surface area contributed by atoms with Crippen molar-refractivity contribution in [1.29, 1.82) is 0 Å². The third kappa shape index (κ3) is 5.69. The molecule has 2 atom stereocenters. The summed E-state index contributed by atoms with van der Waals surface area (Å²) in [6.07, 6.45) is 5.56. The summed E-state index contributed by atoms with van der Waals surface area (Å²) >= 11 is 0. The first-order valence-corrected chi connectivity index (χ1v) is 7.55. The zero-order valence-corrected chi connectivity index (χ0v) is 15.3. The summed E-state index contributed by atoms with van der Waals surface area (Å²) in [5, 5.41) is 3.47. The first kappa shape index (κ1) is 21.7. The highest BCUT2D eigenvalue weighted by Crippen LogP contribution is 2.33. The molecule has 3 fully saturated rings. The number of hydrogen-bond donors (Lipinski definition) is 1. The maximum atomic E-state index is 6.45. The molecule has 128 valence electrons. The van der Waals surface area contributed by atoms with Crippen LogP contribution in [0.1, 0.15) is 25.7 Å². The molecule has 7 heteroatoms. The van der Waals surface area contributed by atoms with Gasteiger partial charge in [0, 0.05) is 39.3 Å². The van der Waals surface area contributed by atoms with Gasteiger partial charge in [-0.25, -0.2) is 0 Å². The van der Waals surface area contributed by atoms with Crippen molar-refractivity contribution >= 4 is 37.2 Å². The number of halogens is 3. The van der Waals surface area contributed by atoms with Crippen LogP contribution < -0.4 is 5.32 Å². The predicted molar refractivity (Wildman–Crippen MR) is 94.6 cm³/mol. The summed E-state index contributed by atoms with van der Waals surface area (Å²) in [6, 6.07) is 0. The second kappa shape index (κ2) is 9.76. The lowest BCUT2D eigenvalue weighted by molar-refractivity contribution is -0.126. The molecule has 0 saturated carbocycles. The number of rotatable bonds is 2. The van der Waals surface area contributed by atoms with Crippen LogP contribution in [0.15, 0.2) is 0 Å². The number of nitrogens with one attached hydrogen (secondary N) is 1. The van der Waals surface area contributed by atoms with E-state index in [0.29, 0.717) is 6.10 Å². The van der Waals surface area contributed by atoms with E-state index in [-0.39, 0.29) is 42.8 Å². The molecule has 4 nitrogen and oxygen atoms in total. The molecule has 0 aromatic rings. The molecule has 0 unspecified atom stereocenters. The van der Waals surface area contributed by atoms with E-state index in [1.807, 2.05) is 0 Å². The molecule has 3 heterocycles. The molecule has 1 N–H and O–H groups in total. The van der Waals surface area contributed by atoms with Gasteiger partial charge in [0.2, 0.25) is 0 Å². The summed E-state index contributed by atoms with van der Waals surface area (Å²) in [7, 11) is 2.22. The van der Waals surface area contributed by atoms with Crippen LogP contribution in [0.4, 0.5) is 0 Å². The van der Waals surface area contributed by atoms with Crippen LogP contribution in [-0.4, -0.2) is 74.4 Å².